The lowest BCUT2D eigenvalue weighted by Gasteiger charge is -2.26. The molecule has 3 nitrogen and oxygen atoms in total. The van der Waals surface area contributed by atoms with Gasteiger partial charge in [-0.05, 0) is 12.1 Å². The molecule has 1 heterocycles. The van der Waals surface area contributed by atoms with E-state index in [1.807, 2.05) is 24.3 Å². The second-order valence-corrected chi connectivity index (χ2v) is 3.66. The topological polar surface area (TPSA) is 30.5 Å². The molecule has 0 aromatic heterocycles. The van der Waals surface area contributed by atoms with Crippen molar-refractivity contribution in [1.29, 1.82) is 0 Å². The molecule has 0 bridgehead atoms. The van der Waals surface area contributed by atoms with Gasteiger partial charge in [-0.25, -0.2) is 0 Å². The molecule has 0 aliphatic carbocycles. The fourth-order valence-corrected chi connectivity index (χ4v) is 1.59. The standard InChI is InChI=1S/C13H15NO2/c1-2-3-8-14-9-11-10-15-12-6-4-5-7-13(12)16-11/h1,4-7,11,14H,3,8-10H2. The van der Waals surface area contributed by atoms with E-state index in [0.717, 1.165) is 31.0 Å². The van der Waals surface area contributed by atoms with Crippen molar-refractivity contribution in [3.8, 4) is 23.8 Å². The third-order valence-electron chi connectivity index (χ3n) is 2.39. The number of para-hydroxylation sites is 2. The molecule has 1 aromatic carbocycles. The highest BCUT2D eigenvalue weighted by Gasteiger charge is 2.19. The van der Waals surface area contributed by atoms with Crippen molar-refractivity contribution in [2.45, 2.75) is 12.5 Å². The van der Waals surface area contributed by atoms with Crippen molar-refractivity contribution in [1.82, 2.24) is 5.32 Å². The monoisotopic (exact) mass is 217 g/mol. The van der Waals surface area contributed by atoms with E-state index in [0.29, 0.717) is 6.61 Å². The van der Waals surface area contributed by atoms with E-state index in [9.17, 15) is 0 Å². The van der Waals surface area contributed by atoms with Gasteiger partial charge in [0.05, 0.1) is 0 Å². The first-order valence-corrected chi connectivity index (χ1v) is 5.43. The Balaban J connectivity index is 1.82. The molecule has 1 aliphatic rings. The van der Waals surface area contributed by atoms with Crippen LogP contribution in [-0.2, 0) is 0 Å². The molecule has 0 radical (unpaired) electrons. The van der Waals surface area contributed by atoms with Gasteiger partial charge in [0.25, 0.3) is 0 Å². The number of ether oxygens (including phenoxy) is 2. The lowest BCUT2D eigenvalue weighted by molar-refractivity contribution is 0.0907. The number of benzene rings is 1. The minimum Gasteiger partial charge on any atom is -0.486 e. The third-order valence-corrected chi connectivity index (χ3v) is 2.39. The Hall–Kier alpha value is -1.66. The maximum Gasteiger partial charge on any atom is 0.161 e. The first-order chi connectivity index (χ1) is 7.90. The van der Waals surface area contributed by atoms with Crippen molar-refractivity contribution < 1.29 is 9.47 Å². The summed E-state index contributed by atoms with van der Waals surface area (Å²) in [5.41, 5.74) is 0. The Labute approximate surface area is 95.8 Å². The Morgan fingerprint density at radius 3 is 3.00 bits per heavy atom. The number of rotatable bonds is 4. The van der Waals surface area contributed by atoms with Crippen LogP contribution in [0.3, 0.4) is 0 Å². The molecule has 1 N–H and O–H groups in total. The predicted octanol–water partition coefficient (Wildman–Crippen LogP) is 1.44. The van der Waals surface area contributed by atoms with E-state index < -0.39 is 0 Å². The van der Waals surface area contributed by atoms with Gasteiger partial charge >= 0.3 is 0 Å². The van der Waals surface area contributed by atoms with Gasteiger partial charge in [-0.2, -0.15) is 0 Å². The van der Waals surface area contributed by atoms with Crippen LogP contribution >= 0.6 is 0 Å². The molecule has 0 saturated heterocycles. The molecule has 16 heavy (non-hydrogen) atoms. The largest absolute Gasteiger partial charge is 0.486 e. The van der Waals surface area contributed by atoms with Crippen molar-refractivity contribution in [3.05, 3.63) is 24.3 Å². The predicted molar refractivity (Wildman–Crippen MR) is 62.7 cm³/mol. The number of terminal acetylenes is 1. The van der Waals surface area contributed by atoms with Crippen LogP contribution in [0, 0.1) is 12.3 Å². The Bertz CT molecular complexity index is 384. The molecule has 1 unspecified atom stereocenters. The van der Waals surface area contributed by atoms with Crippen LogP contribution in [0.4, 0.5) is 0 Å². The molecule has 0 spiro atoms. The van der Waals surface area contributed by atoms with Crippen molar-refractivity contribution in [3.63, 3.8) is 0 Å². The second kappa shape index (κ2) is 5.43. The second-order valence-electron chi connectivity index (χ2n) is 3.66. The van der Waals surface area contributed by atoms with Gasteiger partial charge in [0, 0.05) is 19.5 Å². The summed E-state index contributed by atoms with van der Waals surface area (Å²) < 4.78 is 11.4. The van der Waals surface area contributed by atoms with E-state index >= 15 is 0 Å². The highest BCUT2D eigenvalue weighted by atomic mass is 16.6. The maximum atomic E-state index is 5.77. The van der Waals surface area contributed by atoms with Crippen molar-refractivity contribution >= 4 is 0 Å². The molecular formula is C13H15NO2. The Morgan fingerprint density at radius 1 is 1.38 bits per heavy atom. The van der Waals surface area contributed by atoms with E-state index in [-0.39, 0.29) is 6.10 Å². The SMILES string of the molecule is C#CCCNCC1COc2ccccc2O1. The van der Waals surface area contributed by atoms with Gasteiger partial charge in [-0.3, -0.25) is 0 Å². The third kappa shape index (κ3) is 2.68. The summed E-state index contributed by atoms with van der Waals surface area (Å²) in [5, 5.41) is 3.24. The Kier molecular flexibility index (Phi) is 3.68. The average molecular weight is 217 g/mol. The number of fused-ring (bicyclic) bond motifs is 1. The number of hydrogen-bond acceptors (Lipinski definition) is 3. The molecular weight excluding hydrogens is 202 g/mol. The first-order valence-electron chi connectivity index (χ1n) is 5.43. The summed E-state index contributed by atoms with van der Waals surface area (Å²) in [6, 6.07) is 7.71. The molecule has 84 valence electrons. The van der Waals surface area contributed by atoms with Gasteiger partial charge in [0.2, 0.25) is 0 Å². The normalized spacial score (nSPS) is 17.8. The maximum absolute atomic E-state index is 5.77. The van der Waals surface area contributed by atoms with Gasteiger partial charge in [-0.1, -0.05) is 12.1 Å². The lowest BCUT2D eigenvalue weighted by atomic mass is 10.2. The summed E-state index contributed by atoms with van der Waals surface area (Å²) in [5.74, 6) is 4.23. The summed E-state index contributed by atoms with van der Waals surface area (Å²) in [4.78, 5) is 0. The van der Waals surface area contributed by atoms with Gasteiger partial charge in [0.15, 0.2) is 11.5 Å². The molecule has 0 fully saturated rings. The molecule has 1 atom stereocenters. The molecule has 0 saturated carbocycles. The van der Waals surface area contributed by atoms with Gasteiger partial charge in [0.1, 0.15) is 12.7 Å². The number of hydrogen-bond donors (Lipinski definition) is 1. The minimum absolute atomic E-state index is 0.0627. The number of nitrogens with one attached hydrogen (secondary N) is 1. The molecule has 2 rings (SSSR count). The van der Waals surface area contributed by atoms with E-state index in [4.69, 9.17) is 15.9 Å². The van der Waals surface area contributed by atoms with Crippen LogP contribution in [0.15, 0.2) is 24.3 Å². The van der Waals surface area contributed by atoms with Crippen LogP contribution in [0.25, 0.3) is 0 Å². The Morgan fingerprint density at radius 2 is 2.19 bits per heavy atom. The zero-order valence-corrected chi connectivity index (χ0v) is 9.11. The molecule has 1 aliphatic heterocycles. The summed E-state index contributed by atoms with van der Waals surface area (Å²) in [6.45, 7) is 2.16. The zero-order chi connectivity index (χ0) is 11.2. The van der Waals surface area contributed by atoms with E-state index in [1.54, 1.807) is 0 Å². The average Bonchev–Trinajstić information content (AvgIpc) is 2.34. The molecule has 0 amide bonds. The van der Waals surface area contributed by atoms with Crippen molar-refractivity contribution in [2.24, 2.45) is 0 Å². The zero-order valence-electron chi connectivity index (χ0n) is 9.11. The van der Waals surface area contributed by atoms with Crippen LogP contribution in [0.1, 0.15) is 6.42 Å². The minimum atomic E-state index is 0.0627. The fraction of sp³-hybridized carbons (Fsp3) is 0.385. The summed E-state index contributed by atoms with van der Waals surface area (Å²) >= 11 is 0. The van der Waals surface area contributed by atoms with Crippen LogP contribution < -0.4 is 14.8 Å². The van der Waals surface area contributed by atoms with Crippen LogP contribution in [-0.4, -0.2) is 25.8 Å². The summed E-state index contributed by atoms with van der Waals surface area (Å²) in [6.07, 6.45) is 5.97. The van der Waals surface area contributed by atoms with E-state index in [1.165, 1.54) is 0 Å². The van der Waals surface area contributed by atoms with Crippen LogP contribution in [0.5, 0.6) is 11.5 Å². The summed E-state index contributed by atoms with van der Waals surface area (Å²) in [7, 11) is 0. The highest BCUT2D eigenvalue weighted by molar-refractivity contribution is 5.40. The first kappa shape index (κ1) is 10.8. The van der Waals surface area contributed by atoms with E-state index in [2.05, 4.69) is 11.2 Å². The molecule has 3 heteroatoms. The lowest BCUT2D eigenvalue weighted by Crippen LogP contribution is -2.38. The highest BCUT2D eigenvalue weighted by Crippen LogP contribution is 2.30. The fourth-order valence-electron chi connectivity index (χ4n) is 1.59. The van der Waals surface area contributed by atoms with Gasteiger partial charge in [-0.15, -0.1) is 12.3 Å². The van der Waals surface area contributed by atoms with Crippen LogP contribution in [0.2, 0.25) is 0 Å². The van der Waals surface area contributed by atoms with Crippen molar-refractivity contribution in [2.75, 3.05) is 19.7 Å². The quantitative estimate of drug-likeness (QED) is 0.611. The van der Waals surface area contributed by atoms with Gasteiger partial charge < -0.3 is 14.8 Å². The molecule has 1 aromatic rings. The smallest absolute Gasteiger partial charge is 0.161 e.